The molecule has 1 atom stereocenters. The average molecular weight is 280 g/mol. The number of rotatable bonds is 2. The molecule has 2 aromatic heterocycles. The van der Waals surface area contributed by atoms with Crippen molar-refractivity contribution in [3.63, 3.8) is 0 Å². The molecule has 0 aliphatic carbocycles. The number of pyridine rings is 1. The van der Waals surface area contributed by atoms with Gasteiger partial charge in [0.15, 0.2) is 9.84 Å². The van der Waals surface area contributed by atoms with Crippen LogP contribution in [0.4, 0.5) is 0 Å². The summed E-state index contributed by atoms with van der Waals surface area (Å²) in [5, 5.41) is 0. The van der Waals surface area contributed by atoms with E-state index in [1.165, 1.54) is 0 Å². The van der Waals surface area contributed by atoms with Crippen LogP contribution >= 0.6 is 0 Å². The quantitative estimate of drug-likeness (QED) is 0.839. The van der Waals surface area contributed by atoms with Gasteiger partial charge in [-0.05, 0) is 25.0 Å². The van der Waals surface area contributed by atoms with Crippen LogP contribution in [0.1, 0.15) is 24.6 Å². The van der Waals surface area contributed by atoms with Gasteiger partial charge in [-0.1, -0.05) is 0 Å². The van der Waals surface area contributed by atoms with Crippen LogP contribution < -0.4 is 4.74 Å². The lowest BCUT2D eigenvalue weighted by Gasteiger charge is -2.21. The molecule has 3 heterocycles. The Balaban J connectivity index is 2.04. The number of aromatic nitrogens is 2. The highest BCUT2D eigenvalue weighted by molar-refractivity contribution is 7.91. The number of fused-ring (bicyclic) bond motifs is 1. The summed E-state index contributed by atoms with van der Waals surface area (Å²) in [5.41, 5.74) is 0.957. The maximum atomic E-state index is 11.8. The zero-order chi connectivity index (χ0) is 13.5. The van der Waals surface area contributed by atoms with Crippen molar-refractivity contribution in [2.45, 2.75) is 18.8 Å². The number of methoxy groups -OCH3 is 1. The van der Waals surface area contributed by atoms with Crippen molar-refractivity contribution in [1.82, 2.24) is 9.38 Å². The fourth-order valence-electron chi connectivity index (χ4n) is 2.64. The monoisotopic (exact) mass is 280 g/mol. The fourth-order valence-corrected chi connectivity index (χ4v) is 4.34. The molecule has 102 valence electrons. The summed E-state index contributed by atoms with van der Waals surface area (Å²) in [6.07, 6.45) is 5.22. The molecule has 0 aromatic carbocycles. The second-order valence-corrected chi connectivity index (χ2v) is 7.16. The molecular formula is C13H16N2O3S. The number of hydrogen-bond donors (Lipinski definition) is 0. The standard InChI is InChI=1S/C13H16N2O3S/c1-18-12-5-4-11-7-14-13(15(11)8-12)10-3-2-6-19(16,17)9-10/h4-5,7-8,10H,2-3,6,9H2,1H3. The number of ether oxygens (including phenoxy) is 1. The molecule has 1 aliphatic heterocycles. The van der Waals surface area contributed by atoms with Crippen LogP contribution in [0.5, 0.6) is 5.75 Å². The smallest absolute Gasteiger partial charge is 0.151 e. The minimum atomic E-state index is -2.93. The van der Waals surface area contributed by atoms with Gasteiger partial charge in [-0.2, -0.15) is 0 Å². The van der Waals surface area contributed by atoms with Crippen LogP contribution in [-0.2, 0) is 9.84 Å². The summed E-state index contributed by atoms with van der Waals surface area (Å²) in [4.78, 5) is 4.40. The summed E-state index contributed by atoms with van der Waals surface area (Å²) in [6.45, 7) is 0. The first-order chi connectivity index (χ1) is 9.09. The zero-order valence-corrected chi connectivity index (χ0v) is 11.6. The van der Waals surface area contributed by atoms with Gasteiger partial charge in [0.25, 0.3) is 0 Å². The third-order valence-corrected chi connectivity index (χ3v) is 5.41. The minimum Gasteiger partial charge on any atom is -0.495 e. The Morgan fingerprint density at radius 2 is 2.26 bits per heavy atom. The third kappa shape index (κ3) is 2.32. The van der Waals surface area contributed by atoms with Crippen molar-refractivity contribution in [3.05, 3.63) is 30.4 Å². The van der Waals surface area contributed by atoms with E-state index in [-0.39, 0.29) is 11.7 Å². The highest BCUT2D eigenvalue weighted by Gasteiger charge is 2.28. The van der Waals surface area contributed by atoms with E-state index in [0.29, 0.717) is 12.2 Å². The lowest BCUT2D eigenvalue weighted by Crippen LogP contribution is -2.25. The number of nitrogens with zero attached hydrogens (tertiary/aromatic N) is 2. The van der Waals surface area contributed by atoms with E-state index in [1.54, 1.807) is 13.3 Å². The second kappa shape index (κ2) is 4.52. The summed E-state index contributed by atoms with van der Waals surface area (Å²) in [6, 6.07) is 3.80. The molecule has 0 amide bonds. The van der Waals surface area contributed by atoms with E-state index >= 15 is 0 Å². The second-order valence-electron chi connectivity index (χ2n) is 4.93. The molecule has 19 heavy (non-hydrogen) atoms. The first-order valence-corrected chi connectivity index (χ1v) is 8.12. The molecule has 1 saturated heterocycles. The first kappa shape index (κ1) is 12.5. The van der Waals surface area contributed by atoms with Gasteiger partial charge in [0, 0.05) is 5.92 Å². The van der Waals surface area contributed by atoms with Gasteiger partial charge in [-0.15, -0.1) is 0 Å². The van der Waals surface area contributed by atoms with Gasteiger partial charge in [-0.3, -0.25) is 4.40 Å². The van der Waals surface area contributed by atoms with E-state index < -0.39 is 9.84 Å². The predicted molar refractivity (Wildman–Crippen MR) is 72.4 cm³/mol. The van der Waals surface area contributed by atoms with Gasteiger partial charge < -0.3 is 4.74 Å². The predicted octanol–water partition coefficient (Wildman–Crippen LogP) is 1.64. The summed E-state index contributed by atoms with van der Waals surface area (Å²) in [5.74, 6) is 2.04. The Hall–Kier alpha value is -1.56. The van der Waals surface area contributed by atoms with Crippen molar-refractivity contribution in [2.24, 2.45) is 0 Å². The molecule has 3 rings (SSSR count). The van der Waals surface area contributed by atoms with E-state index in [9.17, 15) is 8.42 Å². The van der Waals surface area contributed by atoms with Crippen LogP contribution in [-0.4, -0.2) is 36.4 Å². The Bertz CT molecular complexity index is 706. The molecule has 0 N–H and O–H groups in total. The van der Waals surface area contributed by atoms with E-state index in [4.69, 9.17) is 4.74 Å². The lowest BCUT2D eigenvalue weighted by atomic mass is 10.1. The molecule has 5 nitrogen and oxygen atoms in total. The molecule has 1 unspecified atom stereocenters. The maximum Gasteiger partial charge on any atom is 0.151 e. The average Bonchev–Trinajstić information content (AvgIpc) is 2.80. The minimum absolute atomic E-state index is 0.0200. The Morgan fingerprint density at radius 1 is 1.42 bits per heavy atom. The molecule has 0 saturated carbocycles. The largest absolute Gasteiger partial charge is 0.495 e. The van der Waals surface area contributed by atoms with E-state index in [2.05, 4.69) is 4.98 Å². The van der Waals surface area contributed by atoms with Crippen molar-refractivity contribution in [1.29, 1.82) is 0 Å². The van der Waals surface area contributed by atoms with Crippen molar-refractivity contribution >= 4 is 15.4 Å². The summed E-state index contributed by atoms with van der Waals surface area (Å²) in [7, 11) is -1.31. The van der Waals surface area contributed by atoms with E-state index in [0.717, 1.165) is 23.5 Å². The SMILES string of the molecule is COc1ccc2cnc(C3CCCS(=O)(=O)C3)n2c1. The van der Waals surface area contributed by atoms with Gasteiger partial charge >= 0.3 is 0 Å². The maximum absolute atomic E-state index is 11.8. The fraction of sp³-hybridized carbons (Fsp3) is 0.462. The highest BCUT2D eigenvalue weighted by Crippen LogP contribution is 2.28. The van der Waals surface area contributed by atoms with Crippen LogP contribution in [0.2, 0.25) is 0 Å². The van der Waals surface area contributed by atoms with Gasteiger partial charge in [0.05, 0.1) is 36.5 Å². The topological polar surface area (TPSA) is 60.7 Å². The number of sulfone groups is 1. The molecule has 6 heteroatoms. The summed E-state index contributed by atoms with van der Waals surface area (Å²) >= 11 is 0. The van der Waals surface area contributed by atoms with Gasteiger partial charge in [0.2, 0.25) is 0 Å². The Labute approximate surface area is 112 Å². The van der Waals surface area contributed by atoms with E-state index in [1.807, 2.05) is 22.7 Å². The van der Waals surface area contributed by atoms with Crippen LogP contribution in [0.3, 0.4) is 0 Å². The van der Waals surface area contributed by atoms with Crippen molar-refractivity contribution in [2.75, 3.05) is 18.6 Å². The van der Waals surface area contributed by atoms with Crippen molar-refractivity contribution < 1.29 is 13.2 Å². The highest BCUT2D eigenvalue weighted by atomic mass is 32.2. The van der Waals surface area contributed by atoms with Crippen molar-refractivity contribution in [3.8, 4) is 5.75 Å². The van der Waals surface area contributed by atoms with Crippen LogP contribution in [0, 0.1) is 0 Å². The Kier molecular flexibility index (Phi) is 2.97. The Morgan fingerprint density at radius 3 is 3.00 bits per heavy atom. The molecule has 0 spiro atoms. The molecule has 0 radical (unpaired) electrons. The molecule has 1 fully saturated rings. The van der Waals surface area contributed by atoms with Gasteiger partial charge in [0.1, 0.15) is 11.6 Å². The first-order valence-electron chi connectivity index (χ1n) is 6.30. The van der Waals surface area contributed by atoms with Crippen LogP contribution in [0.25, 0.3) is 5.52 Å². The van der Waals surface area contributed by atoms with Crippen LogP contribution in [0.15, 0.2) is 24.5 Å². The molecular weight excluding hydrogens is 264 g/mol. The number of imidazole rings is 1. The third-order valence-electron chi connectivity index (χ3n) is 3.59. The lowest BCUT2D eigenvalue weighted by molar-refractivity contribution is 0.412. The molecule has 1 aliphatic rings. The molecule has 0 bridgehead atoms. The zero-order valence-electron chi connectivity index (χ0n) is 10.7. The van der Waals surface area contributed by atoms with Gasteiger partial charge in [-0.25, -0.2) is 13.4 Å². The molecule has 2 aromatic rings. The normalized spacial score (nSPS) is 22.5. The number of hydrogen-bond acceptors (Lipinski definition) is 4. The summed E-state index contributed by atoms with van der Waals surface area (Å²) < 4.78 is 30.7.